The van der Waals surface area contributed by atoms with E-state index in [0.717, 1.165) is 22.7 Å². The summed E-state index contributed by atoms with van der Waals surface area (Å²) in [5, 5.41) is 0. The van der Waals surface area contributed by atoms with E-state index in [9.17, 15) is 0 Å². The Hall–Kier alpha value is -8.20. The van der Waals surface area contributed by atoms with Crippen molar-refractivity contribution in [3.8, 4) is 55.6 Å². The quantitative estimate of drug-likeness (QED) is 0.164. The predicted molar refractivity (Wildman–Crippen MR) is 361 cm³/mol. The van der Waals surface area contributed by atoms with Gasteiger partial charge in [-0.05, 0) is 206 Å². The molecule has 2 heteroatoms. The van der Waals surface area contributed by atoms with Gasteiger partial charge in [0.1, 0.15) is 0 Å². The lowest BCUT2D eigenvalue weighted by molar-refractivity contribution is 0.590. The van der Waals surface area contributed by atoms with Gasteiger partial charge >= 0.3 is 0 Å². The summed E-state index contributed by atoms with van der Waals surface area (Å²) < 4.78 is 0. The van der Waals surface area contributed by atoms with Gasteiger partial charge < -0.3 is 9.80 Å². The Morgan fingerprint density at radius 3 is 0.835 bits per heavy atom. The van der Waals surface area contributed by atoms with E-state index in [1.165, 1.54) is 134 Å². The van der Waals surface area contributed by atoms with Crippen molar-refractivity contribution in [2.45, 2.75) is 149 Å². The average Bonchev–Trinajstić information content (AvgIpc) is 1.61. The van der Waals surface area contributed by atoms with Crippen molar-refractivity contribution in [2.24, 2.45) is 0 Å². The number of hydrogen-bond donors (Lipinski definition) is 0. The lowest BCUT2D eigenvalue weighted by Gasteiger charge is -2.31. The molecular formula is C83H80N2. The number of nitrogens with zero attached hydrogens (tertiary/aromatic N) is 2. The Morgan fingerprint density at radius 2 is 0.506 bits per heavy atom. The number of anilines is 6. The van der Waals surface area contributed by atoms with Crippen LogP contribution in [0.25, 0.3) is 55.6 Å². The molecule has 0 unspecified atom stereocenters. The molecule has 0 fully saturated rings. The Labute approximate surface area is 506 Å². The van der Waals surface area contributed by atoms with Gasteiger partial charge in [0.05, 0.1) is 0 Å². The van der Waals surface area contributed by atoms with E-state index in [2.05, 4.69) is 315 Å². The Bertz CT molecular complexity index is 4210. The van der Waals surface area contributed by atoms with Gasteiger partial charge in [-0.3, -0.25) is 0 Å². The topological polar surface area (TPSA) is 6.48 Å². The van der Waals surface area contributed by atoms with Gasteiger partial charge in [0.25, 0.3) is 0 Å². The lowest BCUT2D eigenvalue weighted by Crippen LogP contribution is -2.20. The van der Waals surface area contributed by atoms with Gasteiger partial charge in [0, 0.05) is 61.2 Å². The van der Waals surface area contributed by atoms with Crippen molar-refractivity contribution >= 4 is 34.1 Å². The fraction of sp³-hybridized carbons (Fsp3) is 0.277. The Kier molecular flexibility index (Phi) is 11.0. The summed E-state index contributed by atoms with van der Waals surface area (Å²) in [5.74, 6) is 0. The van der Waals surface area contributed by atoms with E-state index in [-0.39, 0.29) is 37.9 Å². The van der Waals surface area contributed by atoms with Crippen LogP contribution in [0, 0.1) is 0 Å². The van der Waals surface area contributed by atoms with Crippen LogP contribution in [0.5, 0.6) is 0 Å². The highest BCUT2D eigenvalue weighted by atomic mass is 15.1. The second-order valence-electron chi connectivity index (χ2n) is 30.2. The zero-order chi connectivity index (χ0) is 59.4. The van der Waals surface area contributed by atoms with Crippen LogP contribution in [0.2, 0.25) is 0 Å². The first-order chi connectivity index (χ1) is 40.2. The van der Waals surface area contributed by atoms with E-state index in [0.29, 0.717) is 0 Å². The number of hydrogen-bond acceptors (Lipinski definition) is 2. The molecule has 0 saturated carbocycles. The molecule has 0 aliphatic heterocycles. The van der Waals surface area contributed by atoms with Crippen LogP contribution in [-0.4, -0.2) is 0 Å². The number of fused-ring (bicyclic) bond motifs is 17. The fourth-order valence-corrected chi connectivity index (χ4v) is 16.6. The first kappa shape index (κ1) is 53.5. The van der Waals surface area contributed by atoms with Crippen LogP contribution in [0.15, 0.2) is 194 Å². The van der Waals surface area contributed by atoms with Crippen molar-refractivity contribution in [1.29, 1.82) is 0 Å². The summed E-state index contributed by atoms with van der Waals surface area (Å²) in [6.45, 7) is 38.1. The second-order valence-corrected chi connectivity index (χ2v) is 30.2. The van der Waals surface area contributed by atoms with Gasteiger partial charge in [-0.25, -0.2) is 0 Å². The fourth-order valence-electron chi connectivity index (χ4n) is 16.6. The van der Waals surface area contributed by atoms with Crippen LogP contribution in [0.1, 0.15) is 178 Å². The molecule has 0 spiro atoms. The van der Waals surface area contributed by atoms with E-state index < -0.39 is 0 Å². The third-order valence-electron chi connectivity index (χ3n) is 21.3. The molecule has 0 radical (unpaired) electrons. The Morgan fingerprint density at radius 1 is 0.235 bits per heavy atom. The highest BCUT2D eigenvalue weighted by molar-refractivity contribution is 5.98. The van der Waals surface area contributed by atoms with E-state index >= 15 is 0 Å². The highest BCUT2D eigenvalue weighted by Crippen LogP contribution is 2.62. The van der Waals surface area contributed by atoms with Gasteiger partial charge in [-0.2, -0.15) is 0 Å². The molecule has 0 bridgehead atoms. The van der Waals surface area contributed by atoms with E-state index in [1.54, 1.807) is 0 Å². The molecule has 5 aliphatic carbocycles. The standard InChI is InChI=1S/C83H80N2/c1-77(2,3)49-25-29-51(30-26-49)84(55-35-39-59-61-41-43-67-73(75(61)82(13,14)71(59)47-55)63-21-17-19-23-65(63)79(67,7)8)53-33-37-57-58-38-34-54(46-70(58)81(11,12)69(57)45-53)85(52-31-27-50(28-32-52)78(4,5)6)56-36-40-60-62-42-44-68-74(76(62)83(15,16)72(60)48-56)64-22-18-20-24-66(64)80(68,9)10/h17-48H,1-16H3. The van der Waals surface area contributed by atoms with Crippen LogP contribution >= 0.6 is 0 Å². The largest absolute Gasteiger partial charge is 0.310 e. The van der Waals surface area contributed by atoms with Crippen LogP contribution in [0.4, 0.5) is 34.1 Å². The molecule has 85 heavy (non-hydrogen) atoms. The zero-order valence-corrected chi connectivity index (χ0v) is 52.9. The van der Waals surface area contributed by atoms with Crippen molar-refractivity contribution in [2.75, 3.05) is 9.80 Å². The minimum Gasteiger partial charge on any atom is -0.310 e. The third-order valence-corrected chi connectivity index (χ3v) is 21.3. The van der Waals surface area contributed by atoms with Crippen molar-refractivity contribution in [3.63, 3.8) is 0 Å². The lowest BCUT2D eigenvalue weighted by atomic mass is 9.77. The molecule has 0 heterocycles. The maximum absolute atomic E-state index is 2.52. The second kappa shape index (κ2) is 17.5. The Balaban J connectivity index is 0.836. The smallest absolute Gasteiger partial charge is 0.0465 e. The molecule has 0 atom stereocenters. The number of benzene rings is 10. The molecule has 0 saturated heterocycles. The van der Waals surface area contributed by atoms with Crippen LogP contribution in [-0.2, 0) is 37.9 Å². The first-order valence-electron chi connectivity index (χ1n) is 31.2. The van der Waals surface area contributed by atoms with Gasteiger partial charge in [-0.1, -0.05) is 232 Å². The van der Waals surface area contributed by atoms with Crippen LogP contribution in [0.3, 0.4) is 0 Å². The molecule has 2 nitrogen and oxygen atoms in total. The monoisotopic (exact) mass is 1100 g/mol. The third kappa shape index (κ3) is 7.42. The summed E-state index contributed by atoms with van der Waals surface area (Å²) in [4.78, 5) is 5.04. The van der Waals surface area contributed by atoms with Crippen molar-refractivity contribution < 1.29 is 0 Å². The SMILES string of the molecule is CC(C)(C)c1ccc(N(c2ccc3c(c2)C(C)(C)c2cc(N(c4ccc(C(C)(C)C)cc4)c4ccc5c(c4)C(C)(C)c4c-5ccc5c4-c4ccccc4C5(C)C)ccc2-3)c2ccc3c(c2)C(C)(C)c2c-3ccc3c2-c2ccccc2C3(C)C)cc1. The minimum absolute atomic E-state index is 0.0298. The summed E-state index contributed by atoms with van der Waals surface area (Å²) in [6, 6.07) is 75.8. The first-order valence-corrected chi connectivity index (χ1v) is 31.2. The highest BCUT2D eigenvalue weighted by Gasteiger charge is 2.47. The van der Waals surface area contributed by atoms with Crippen LogP contribution < -0.4 is 9.80 Å². The molecule has 422 valence electrons. The summed E-state index contributed by atoms with van der Waals surface area (Å²) >= 11 is 0. The normalized spacial score (nSPS) is 16.7. The average molecular weight is 1110 g/mol. The minimum atomic E-state index is -0.307. The molecule has 10 aromatic carbocycles. The maximum atomic E-state index is 2.52. The molecular weight excluding hydrogens is 1020 g/mol. The zero-order valence-electron chi connectivity index (χ0n) is 52.9. The summed E-state index contributed by atoms with van der Waals surface area (Å²) in [6.07, 6.45) is 0. The molecule has 0 amide bonds. The van der Waals surface area contributed by atoms with Crippen molar-refractivity contribution in [3.05, 3.63) is 261 Å². The molecule has 0 N–H and O–H groups in total. The number of rotatable bonds is 6. The van der Waals surface area contributed by atoms with Crippen molar-refractivity contribution in [1.82, 2.24) is 0 Å². The predicted octanol–water partition coefficient (Wildman–Crippen LogP) is 22.8. The summed E-state index contributed by atoms with van der Waals surface area (Å²) in [5.41, 5.74) is 36.5. The molecule has 5 aliphatic rings. The maximum Gasteiger partial charge on any atom is 0.0465 e. The van der Waals surface area contributed by atoms with Gasteiger partial charge in [0.2, 0.25) is 0 Å². The molecule has 15 rings (SSSR count). The van der Waals surface area contributed by atoms with E-state index in [1.807, 2.05) is 0 Å². The van der Waals surface area contributed by atoms with Gasteiger partial charge in [-0.15, -0.1) is 0 Å². The van der Waals surface area contributed by atoms with Gasteiger partial charge in [0.15, 0.2) is 0 Å². The molecule has 0 aromatic heterocycles. The summed E-state index contributed by atoms with van der Waals surface area (Å²) in [7, 11) is 0. The van der Waals surface area contributed by atoms with E-state index in [4.69, 9.17) is 0 Å². The molecule has 10 aromatic rings.